The Morgan fingerprint density at radius 3 is 3.06 bits per heavy atom. The monoisotopic (exact) mass is 247 g/mol. The van der Waals surface area contributed by atoms with Gasteiger partial charge in [-0.3, -0.25) is 0 Å². The number of hydrogen-bond acceptors (Lipinski definition) is 3. The number of carbonyl (C=O) groups is 1. The molecule has 0 aromatic heterocycles. The molecule has 98 valence electrons. The van der Waals surface area contributed by atoms with Gasteiger partial charge in [0.05, 0.1) is 13.2 Å². The van der Waals surface area contributed by atoms with E-state index in [2.05, 4.69) is 37.4 Å². The molecule has 1 N–H and O–H groups in total. The van der Waals surface area contributed by atoms with Crippen molar-refractivity contribution in [1.82, 2.24) is 5.32 Å². The average molecular weight is 247 g/mol. The van der Waals surface area contributed by atoms with E-state index in [0.717, 1.165) is 38.0 Å². The smallest absolute Gasteiger partial charge is 0.133 e. The van der Waals surface area contributed by atoms with Crippen LogP contribution in [0, 0.1) is 0 Å². The zero-order valence-corrected chi connectivity index (χ0v) is 11.2. The molecule has 3 nitrogen and oxygen atoms in total. The van der Waals surface area contributed by atoms with Crippen LogP contribution in [0.15, 0.2) is 18.2 Å². The molecule has 18 heavy (non-hydrogen) atoms. The number of aryl methyl sites for hydroxylation is 1. The van der Waals surface area contributed by atoms with Gasteiger partial charge in [-0.25, -0.2) is 0 Å². The van der Waals surface area contributed by atoms with Crippen LogP contribution in [0.25, 0.3) is 0 Å². The van der Waals surface area contributed by atoms with Gasteiger partial charge in [0, 0.05) is 12.0 Å². The fraction of sp³-hybridized carbons (Fsp3) is 0.533. The second-order valence-electron chi connectivity index (χ2n) is 5.46. The number of fused-ring (bicyclic) bond motifs is 1. The minimum atomic E-state index is 0.0233. The van der Waals surface area contributed by atoms with Gasteiger partial charge < -0.3 is 14.8 Å². The van der Waals surface area contributed by atoms with E-state index in [1.807, 2.05) is 0 Å². The van der Waals surface area contributed by atoms with Crippen molar-refractivity contribution in [3.05, 3.63) is 29.3 Å². The number of nitrogens with one attached hydrogen (secondary N) is 1. The Hall–Kier alpha value is -1.35. The van der Waals surface area contributed by atoms with Crippen LogP contribution in [0.2, 0.25) is 0 Å². The van der Waals surface area contributed by atoms with Crippen LogP contribution in [-0.2, 0) is 16.6 Å². The summed E-state index contributed by atoms with van der Waals surface area (Å²) in [6.45, 7) is 6.42. The summed E-state index contributed by atoms with van der Waals surface area (Å²) >= 11 is 0. The third kappa shape index (κ3) is 2.91. The van der Waals surface area contributed by atoms with Crippen LogP contribution in [0.4, 0.5) is 0 Å². The number of hydrogen-bond donors (Lipinski definition) is 1. The van der Waals surface area contributed by atoms with E-state index in [1.54, 1.807) is 0 Å². The molecule has 1 aliphatic heterocycles. The number of aldehydes is 1. The van der Waals surface area contributed by atoms with Crippen molar-refractivity contribution < 1.29 is 9.53 Å². The standard InChI is InChI=1S/C15H21NO2/c1-15(2,11-16-7-8-17)13-5-6-14-12(10-13)4-3-9-18-14/h5-6,8,10,16H,3-4,7,9,11H2,1-2H3. The molecule has 1 heterocycles. The van der Waals surface area contributed by atoms with Gasteiger partial charge in [-0.1, -0.05) is 26.0 Å². The highest BCUT2D eigenvalue weighted by Gasteiger charge is 2.22. The van der Waals surface area contributed by atoms with Crippen molar-refractivity contribution in [1.29, 1.82) is 0 Å². The van der Waals surface area contributed by atoms with Crippen LogP contribution in [-0.4, -0.2) is 26.0 Å². The summed E-state index contributed by atoms with van der Waals surface area (Å²) in [5.74, 6) is 1.03. The van der Waals surface area contributed by atoms with Crippen molar-refractivity contribution >= 4 is 6.29 Å². The molecule has 0 unspecified atom stereocenters. The first-order valence-electron chi connectivity index (χ1n) is 6.54. The fourth-order valence-electron chi connectivity index (χ4n) is 2.33. The van der Waals surface area contributed by atoms with Crippen molar-refractivity contribution in [2.24, 2.45) is 0 Å². The van der Waals surface area contributed by atoms with Crippen molar-refractivity contribution in [3.63, 3.8) is 0 Å². The number of ether oxygens (including phenoxy) is 1. The summed E-state index contributed by atoms with van der Waals surface area (Å²) in [4.78, 5) is 10.3. The summed E-state index contributed by atoms with van der Waals surface area (Å²) in [5.41, 5.74) is 2.63. The van der Waals surface area contributed by atoms with Gasteiger partial charge in [0.1, 0.15) is 12.0 Å². The first kappa shape index (κ1) is 13.1. The SMILES string of the molecule is CC(C)(CNCC=O)c1ccc2c(c1)CCCO2. The molecule has 0 radical (unpaired) electrons. The van der Waals surface area contributed by atoms with E-state index < -0.39 is 0 Å². The average Bonchev–Trinajstić information content (AvgIpc) is 2.38. The molecule has 1 aromatic rings. The van der Waals surface area contributed by atoms with Gasteiger partial charge in [0.15, 0.2) is 0 Å². The zero-order chi connectivity index (χ0) is 13.0. The molecule has 0 aliphatic carbocycles. The summed E-state index contributed by atoms with van der Waals surface area (Å²) < 4.78 is 5.63. The van der Waals surface area contributed by atoms with E-state index in [1.165, 1.54) is 11.1 Å². The maximum atomic E-state index is 10.3. The molecule has 0 atom stereocenters. The molecule has 0 amide bonds. The Kier molecular flexibility index (Phi) is 4.02. The van der Waals surface area contributed by atoms with Crippen LogP contribution in [0.3, 0.4) is 0 Å². The topological polar surface area (TPSA) is 38.3 Å². The van der Waals surface area contributed by atoms with E-state index in [9.17, 15) is 4.79 Å². The molecule has 3 heteroatoms. The zero-order valence-electron chi connectivity index (χ0n) is 11.2. The van der Waals surface area contributed by atoms with Crippen LogP contribution in [0.1, 0.15) is 31.4 Å². The van der Waals surface area contributed by atoms with Crippen LogP contribution < -0.4 is 10.1 Å². The lowest BCUT2D eigenvalue weighted by molar-refractivity contribution is -0.107. The van der Waals surface area contributed by atoms with Gasteiger partial charge in [0.2, 0.25) is 0 Å². The lowest BCUT2D eigenvalue weighted by atomic mass is 9.83. The second-order valence-corrected chi connectivity index (χ2v) is 5.46. The normalized spacial score (nSPS) is 14.8. The molecule has 1 aliphatic rings. The van der Waals surface area contributed by atoms with E-state index in [-0.39, 0.29) is 5.41 Å². The molecule has 0 fully saturated rings. The molecule has 1 aromatic carbocycles. The summed E-state index contributed by atoms with van der Waals surface area (Å²) in [6.07, 6.45) is 3.10. The highest BCUT2D eigenvalue weighted by atomic mass is 16.5. The first-order valence-corrected chi connectivity index (χ1v) is 6.54. The van der Waals surface area contributed by atoms with Crippen LogP contribution in [0.5, 0.6) is 5.75 Å². The van der Waals surface area contributed by atoms with Gasteiger partial charge in [-0.05, 0) is 30.0 Å². The maximum absolute atomic E-state index is 10.3. The van der Waals surface area contributed by atoms with Gasteiger partial charge in [0.25, 0.3) is 0 Å². The minimum Gasteiger partial charge on any atom is -0.493 e. The Morgan fingerprint density at radius 1 is 1.44 bits per heavy atom. The third-order valence-corrected chi connectivity index (χ3v) is 3.48. The van der Waals surface area contributed by atoms with E-state index in [0.29, 0.717) is 6.54 Å². The molecule has 2 rings (SSSR count). The lowest BCUT2D eigenvalue weighted by Gasteiger charge is -2.27. The minimum absolute atomic E-state index is 0.0233. The highest BCUT2D eigenvalue weighted by Crippen LogP contribution is 2.30. The van der Waals surface area contributed by atoms with E-state index >= 15 is 0 Å². The fourth-order valence-corrected chi connectivity index (χ4v) is 2.33. The van der Waals surface area contributed by atoms with Gasteiger partial charge >= 0.3 is 0 Å². The summed E-state index contributed by atoms with van der Waals surface area (Å²) in [6, 6.07) is 6.45. The maximum Gasteiger partial charge on any atom is 0.133 e. The van der Waals surface area contributed by atoms with Crippen molar-refractivity contribution in [2.45, 2.75) is 32.1 Å². The molecular weight excluding hydrogens is 226 g/mol. The van der Waals surface area contributed by atoms with Crippen molar-refractivity contribution in [2.75, 3.05) is 19.7 Å². The molecule has 0 saturated heterocycles. The Morgan fingerprint density at radius 2 is 2.28 bits per heavy atom. The molecule has 0 bridgehead atoms. The number of rotatable bonds is 5. The quantitative estimate of drug-likeness (QED) is 0.639. The summed E-state index contributed by atoms with van der Waals surface area (Å²) in [7, 11) is 0. The van der Waals surface area contributed by atoms with Gasteiger partial charge in [-0.15, -0.1) is 0 Å². The van der Waals surface area contributed by atoms with Crippen molar-refractivity contribution in [3.8, 4) is 5.75 Å². The second kappa shape index (κ2) is 5.53. The Labute approximate surface area is 109 Å². The molecule has 0 saturated carbocycles. The third-order valence-electron chi connectivity index (χ3n) is 3.48. The lowest BCUT2D eigenvalue weighted by Crippen LogP contribution is -2.34. The molecular formula is C15H21NO2. The molecule has 0 spiro atoms. The number of benzene rings is 1. The predicted molar refractivity (Wildman–Crippen MR) is 72.2 cm³/mol. The highest BCUT2D eigenvalue weighted by molar-refractivity contribution is 5.51. The Bertz CT molecular complexity index is 427. The Balaban J connectivity index is 2.14. The largest absolute Gasteiger partial charge is 0.493 e. The van der Waals surface area contributed by atoms with Crippen LogP contribution >= 0.6 is 0 Å². The van der Waals surface area contributed by atoms with Gasteiger partial charge in [-0.2, -0.15) is 0 Å². The summed E-state index contributed by atoms with van der Waals surface area (Å²) in [5, 5.41) is 3.15. The van der Waals surface area contributed by atoms with E-state index in [4.69, 9.17) is 4.74 Å². The first-order chi connectivity index (χ1) is 8.63. The predicted octanol–water partition coefficient (Wildman–Crippen LogP) is 2.08. The number of carbonyl (C=O) groups excluding carboxylic acids is 1.